The Morgan fingerprint density at radius 1 is 0.241 bits per heavy atom. The van der Waals surface area contributed by atoms with Gasteiger partial charge in [0.1, 0.15) is 11.2 Å². The van der Waals surface area contributed by atoms with Gasteiger partial charge < -0.3 is 19.1 Å². The highest BCUT2D eigenvalue weighted by Crippen LogP contribution is 2.64. The van der Waals surface area contributed by atoms with Crippen LogP contribution in [0.5, 0.6) is 0 Å². The van der Waals surface area contributed by atoms with Crippen molar-refractivity contribution in [3.8, 4) is 22.3 Å². The summed E-state index contributed by atoms with van der Waals surface area (Å²) in [5.74, 6) is 13.7. The maximum Gasteiger partial charge on any atom is 0.137 e. The average Bonchev–Trinajstić information content (AvgIpc) is 1.53. The summed E-state index contributed by atoms with van der Waals surface area (Å²) in [5, 5.41) is 2.36. The monoisotopic (exact) mass is 1730 g/mol. The first-order valence-corrected chi connectivity index (χ1v) is 52.1. The summed E-state index contributed by atoms with van der Waals surface area (Å²) in [6, 6.07) is 128. The molecule has 1 heterocycles. The zero-order valence-electron chi connectivity index (χ0n) is 77.9. The molecule has 133 heavy (non-hydrogen) atoms. The van der Waals surface area contributed by atoms with E-state index in [0.29, 0.717) is 0 Å². The molecule has 14 aromatic carbocycles. The maximum absolute atomic E-state index is 6.32. The van der Waals surface area contributed by atoms with E-state index in [1.54, 1.807) is 16.7 Å². The zero-order chi connectivity index (χ0) is 88.0. The van der Waals surface area contributed by atoms with E-state index in [1.807, 2.05) is 0 Å². The second kappa shape index (κ2) is 33.7. The van der Waals surface area contributed by atoms with Crippen molar-refractivity contribution in [2.24, 2.45) is 59.2 Å². The van der Waals surface area contributed by atoms with Crippen molar-refractivity contribution in [1.82, 2.24) is 0 Å². The molecule has 0 amide bonds. The van der Waals surface area contributed by atoms with Gasteiger partial charge in [0, 0.05) is 56.1 Å². The van der Waals surface area contributed by atoms with E-state index < -0.39 is 5.41 Å². The van der Waals surface area contributed by atoms with Crippen LogP contribution in [0.1, 0.15) is 277 Å². The number of fused-ring (bicyclic) bond motifs is 19. The van der Waals surface area contributed by atoms with E-state index in [2.05, 4.69) is 362 Å². The summed E-state index contributed by atoms with van der Waals surface area (Å²) in [6.45, 7) is 4.77. The number of nitrogens with zero attached hydrogens (tertiary/aromatic N) is 3. The standard InChI is InChI=1S/C51H47N.C40H43N.C38H37NO/c1-3-10-40(11-4-1)51(41-12-5-2-6-13-41)47-15-8-7-14-44(47)50-48(51)16-9-17-49(50)52(42-26-22-36(23-27-42)45-32-34-18-20-38(45)30-34)43-28-24-37(25-29-43)46-33-35-19-21-39(46)31-35;1-40(2)36-12-7-6-11-34(36)39-37(40)13-8-14-38(39)41(32-21-17-29(18-22-32)28-9-4-3-5-10-28)33-23-19-30(20-24-33)35-26-27-15-16-31(35)25-27;1-2-6-36-32(4-1)38-35(5-3-7-37(38)40-36)39(30-16-12-26(13-17-30)33-22-24-8-10-28(33)20-24)31-18-14-27(15-19-31)34-23-25-9-11-29(34)21-25/h1-17,22-29,34-35,38-39,45-46H,18-21,30-33H2;6-8,11-14,17-24,27-28,31,35H,3-5,9-10,15-16,25-26H2,1-2H3;1-7,12-19,24-25,28-29,33-34H,8-11,20-23H2. The Hall–Kier alpha value is -11.7. The molecule has 11 fully saturated rings. The molecule has 10 bridgehead atoms. The van der Waals surface area contributed by atoms with E-state index in [9.17, 15) is 0 Å². The lowest BCUT2D eigenvalue weighted by atomic mass is 9.68. The van der Waals surface area contributed by atoms with Crippen molar-refractivity contribution < 1.29 is 4.42 Å². The molecule has 4 heteroatoms. The van der Waals surface area contributed by atoms with Gasteiger partial charge in [-0.3, -0.25) is 0 Å². The molecular weight excluding hydrogens is 1610 g/mol. The van der Waals surface area contributed by atoms with Crippen LogP contribution >= 0.6 is 0 Å². The van der Waals surface area contributed by atoms with Crippen LogP contribution in [-0.4, -0.2) is 0 Å². The van der Waals surface area contributed by atoms with Gasteiger partial charge >= 0.3 is 0 Å². The van der Waals surface area contributed by atoms with E-state index in [1.165, 1.54) is 295 Å². The fourth-order valence-corrected chi connectivity index (χ4v) is 30.8. The number of rotatable bonds is 17. The molecule has 4 nitrogen and oxygen atoms in total. The minimum Gasteiger partial charge on any atom is -0.456 e. The predicted octanol–water partition coefficient (Wildman–Crippen LogP) is 35.6. The second-order valence-corrected chi connectivity index (χ2v) is 44.1. The molecule has 664 valence electrons. The molecule has 0 saturated heterocycles. The molecule has 15 unspecified atom stereocenters. The number of benzene rings is 14. The number of anilines is 9. The van der Waals surface area contributed by atoms with Gasteiger partial charge in [-0.15, -0.1) is 0 Å². The molecule has 28 rings (SSSR count). The molecule has 11 saturated carbocycles. The van der Waals surface area contributed by atoms with Crippen molar-refractivity contribution in [2.75, 3.05) is 14.7 Å². The summed E-state index contributed by atoms with van der Waals surface area (Å²) in [7, 11) is 0. The average molecular weight is 1740 g/mol. The molecule has 15 atom stereocenters. The number of para-hydroxylation sites is 1. The molecule has 13 aliphatic carbocycles. The topological polar surface area (TPSA) is 22.9 Å². The second-order valence-electron chi connectivity index (χ2n) is 44.1. The van der Waals surface area contributed by atoms with E-state index >= 15 is 0 Å². The largest absolute Gasteiger partial charge is 0.456 e. The summed E-state index contributed by atoms with van der Waals surface area (Å²) in [5.41, 5.74) is 35.5. The van der Waals surface area contributed by atoms with Gasteiger partial charge in [-0.25, -0.2) is 0 Å². The van der Waals surface area contributed by atoms with Gasteiger partial charge in [0.05, 0.1) is 27.9 Å². The molecule has 13 aliphatic rings. The van der Waals surface area contributed by atoms with Crippen molar-refractivity contribution in [1.29, 1.82) is 0 Å². The third-order valence-electron chi connectivity index (χ3n) is 37.0. The van der Waals surface area contributed by atoms with Crippen molar-refractivity contribution in [3.63, 3.8) is 0 Å². The lowest BCUT2D eigenvalue weighted by Gasteiger charge is -2.34. The minimum atomic E-state index is -0.423. The first-order chi connectivity index (χ1) is 65.6. The van der Waals surface area contributed by atoms with Crippen LogP contribution in [0.4, 0.5) is 51.2 Å². The van der Waals surface area contributed by atoms with E-state index in [-0.39, 0.29) is 5.41 Å². The molecule has 0 radical (unpaired) electrons. The van der Waals surface area contributed by atoms with Crippen molar-refractivity contribution in [2.45, 2.75) is 221 Å². The molecule has 1 aromatic heterocycles. The van der Waals surface area contributed by atoms with Crippen LogP contribution in [0.3, 0.4) is 0 Å². The SMILES string of the molecule is CC1(C)c2ccccc2-c2c(N(c3ccc(C4CCCCC4)cc3)c3ccc(C4CC5CCC4C5)cc3)cccc21.c1ccc(C2(c3ccccc3)c3ccccc3-c3c(N(c4ccc(C5CC6CCC5C6)cc4)c4ccc(C5CC6CCC5C6)cc4)cccc32)cc1.c1ccc2c(c1)oc1cccc(N(c3ccc(C4CC5CCC4C5)cc3)c3ccc(C4CC5CCC4C5)cc3)c12. The Balaban J connectivity index is 0.000000106. The smallest absolute Gasteiger partial charge is 0.137 e. The van der Waals surface area contributed by atoms with E-state index in [0.717, 1.165) is 106 Å². The zero-order valence-corrected chi connectivity index (χ0v) is 77.9. The molecular formula is C129H127N3O. The van der Waals surface area contributed by atoms with Gasteiger partial charge in [-0.05, 0) is 385 Å². The fraction of sp³-hybridized carbons (Fsp3) is 0.349. The Kier molecular flexibility index (Phi) is 20.8. The Labute approximate surface area is 789 Å². The maximum atomic E-state index is 6.32. The summed E-state index contributed by atoms with van der Waals surface area (Å²) in [6.07, 6.45) is 35.3. The molecule has 0 aliphatic heterocycles. The highest BCUT2D eigenvalue weighted by Gasteiger charge is 2.50. The number of hydrogen-bond donors (Lipinski definition) is 0. The molecule has 0 N–H and O–H groups in total. The molecule has 0 spiro atoms. The van der Waals surface area contributed by atoms with Crippen LogP contribution in [-0.2, 0) is 10.8 Å². The lowest BCUT2D eigenvalue weighted by molar-refractivity contribution is 0.420. The predicted molar refractivity (Wildman–Crippen MR) is 552 cm³/mol. The Morgan fingerprint density at radius 3 is 0.955 bits per heavy atom. The van der Waals surface area contributed by atoms with Crippen LogP contribution in [0.2, 0.25) is 0 Å². The van der Waals surface area contributed by atoms with Crippen LogP contribution in [0.15, 0.2) is 338 Å². The highest BCUT2D eigenvalue weighted by molar-refractivity contribution is 6.13. The fourth-order valence-electron chi connectivity index (χ4n) is 30.8. The Bertz CT molecular complexity index is 6600. The van der Waals surface area contributed by atoms with Gasteiger partial charge in [0.25, 0.3) is 0 Å². The van der Waals surface area contributed by atoms with Gasteiger partial charge in [0.2, 0.25) is 0 Å². The summed E-state index contributed by atoms with van der Waals surface area (Å²) < 4.78 is 6.32. The minimum absolute atomic E-state index is 0.00983. The summed E-state index contributed by atoms with van der Waals surface area (Å²) in [4.78, 5) is 7.56. The summed E-state index contributed by atoms with van der Waals surface area (Å²) >= 11 is 0. The quantitative estimate of drug-likeness (QED) is 0.0906. The molecule has 15 aromatic rings. The van der Waals surface area contributed by atoms with Gasteiger partial charge in [0.15, 0.2) is 0 Å². The Morgan fingerprint density at radius 2 is 0.556 bits per heavy atom. The third kappa shape index (κ3) is 14.2. The van der Waals surface area contributed by atoms with Crippen LogP contribution in [0, 0.1) is 59.2 Å². The number of furan rings is 1. The third-order valence-corrected chi connectivity index (χ3v) is 37.0. The van der Waals surface area contributed by atoms with E-state index in [4.69, 9.17) is 4.42 Å². The van der Waals surface area contributed by atoms with Crippen LogP contribution in [0.25, 0.3) is 44.2 Å². The van der Waals surface area contributed by atoms with Crippen molar-refractivity contribution >= 4 is 73.1 Å². The van der Waals surface area contributed by atoms with Crippen LogP contribution < -0.4 is 14.7 Å². The van der Waals surface area contributed by atoms with Gasteiger partial charge in [-0.2, -0.15) is 0 Å². The normalized spacial score (nSPS) is 26.3. The van der Waals surface area contributed by atoms with Crippen molar-refractivity contribution in [3.05, 3.63) is 400 Å². The lowest BCUT2D eigenvalue weighted by Crippen LogP contribution is -2.28. The number of hydrogen-bond acceptors (Lipinski definition) is 4. The highest BCUT2D eigenvalue weighted by atomic mass is 16.3. The van der Waals surface area contributed by atoms with Gasteiger partial charge in [-0.1, -0.05) is 296 Å². The first-order valence-electron chi connectivity index (χ1n) is 52.1. The first kappa shape index (κ1) is 82.0.